The fourth-order valence-corrected chi connectivity index (χ4v) is 5.73. The monoisotopic (exact) mass is 578 g/mol. The number of rotatable bonds is 8. The molecule has 0 aliphatic rings. The molecule has 1 heterocycles. The van der Waals surface area contributed by atoms with Gasteiger partial charge in [-0.25, -0.2) is 4.98 Å². The molecular weight excluding hydrogens is 556 g/mol. The summed E-state index contributed by atoms with van der Waals surface area (Å²) >= 11 is 11.6. The highest BCUT2D eigenvalue weighted by molar-refractivity contribution is 9.10. The molecule has 0 aliphatic carbocycles. The predicted octanol–water partition coefficient (Wildman–Crippen LogP) is 8.89. The minimum absolute atomic E-state index is 0.354. The number of methoxy groups -OCH3 is 1. The molecule has 4 nitrogen and oxygen atoms in total. The minimum Gasteiger partial charge on any atom is -0.493 e. The first-order chi connectivity index (χ1) is 17.5. The lowest BCUT2D eigenvalue weighted by Crippen LogP contribution is -2.03. The Morgan fingerprint density at radius 1 is 1.00 bits per heavy atom. The number of nitrogens with zero attached hydrogens (tertiary/aromatic N) is 1. The molecule has 0 radical (unpaired) electrons. The van der Waals surface area contributed by atoms with E-state index in [1.165, 1.54) is 10.3 Å². The molecular formula is C29H24BrClN2O2S. The van der Waals surface area contributed by atoms with Crippen LogP contribution in [0.3, 0.4) is 0 Å². The van der Waals surface area contributed by atoms with E-state index >= 15 is 0 Å². The standard InChI is InChI=1S/C29H24BrClN2O2S/c1-18-7-12-25-27(13-18)36-29(33-25)20-8-10-22(11-9-20)32-16-19-14-23(30)28(26(15-19)34-2)35-17-21-5-3-4-6-24(21)31/h3-15,32H,16-17H2,1-2H3. The maximum absolute atomic E-state index is 6.26. The molecule has 0 amide bonds. The summed E-state index contributed by atoms with van der Waals surface area (Å²) in [6.45, 7) is 3.10. The normalized spacial score (nSPS) is 11.0. The Bertz CT molecular complexity index is 1520. The SMILES string of the molecule is COc1cc(CNc2ccc(-c3nc4ccc(C)cc4s3)cc2)cc(Br)c1OCc1ccccc1Cl. The lowest BCUT2D eigenvalue weighted by atomic mass is 10.1. The first kappa shape index (κ1) is 24.6. The summed E-state index contributed by atoms with van der Waals surface area (Å²) in [5, 5.41) is 5.19. The Hall–Kier alpha value is -3.06. The Balaban J connectivity index is 1.26. The highest BCUT2D eigenvalue weighted by atomic mass is 79.9. The van der Waals surface area contributed by atoms with Crippen LogP contribution in [0.5, 0.6) is 11.5 Å². The molecule has 182 valence electrons. The zero-order chi connectivity index (χ0) is 25.1. The number of benzene rings is 4. The molecule has 1 aromatic heterocycles. The maximum Gasteiger partial charge on any atom is 0.175 e. The summed E-state index contributed by atoms with van der Waals surface area (Å²) in [7, 11) is 1.64. The molecule has 4 aromatic carbocycles. The van der Waals surface area contributed by atoms with Gasteiger partial charge in [-0.1, -0.05) is 35.9 Å². The fourth-order valence-electron chi connectivity index (χ4n) is 3.87. The third kappa shape index (κ3) is 5.51. The molecule has 0 saturated heterocycles. The number of thiazole rings is 1. The first-order valence-corrected chi connectivity index (χ1v) is 13.4. The quantitative estimate of drug-likeness (QED) is 0.199. The van der Waals surface area contributed by atoms with Crippen molar-refractivity contribution in [3.63, 3.8) is 0 Å². The van der Waals surface area contributed by atoms with E-state index in [2.05, 4.69) is 70.6 Å². The first-order valence-electron chi connectivity index (χ1n) is 11.4. The summed E-state index contributed by atoms with van der Waals surface area (Å²) < 4.78 is 13.7. The van der Waals surface area contributed by atoms with Gasteiger partial charge in [0.1, 0.15) is 11.6 Å². The van der Waals surface area contributed by atoms with E-state index in [-0.39, 0.29) is 0 Å². The van der Waals surface area contributed by atoms with E-state index in [9.17, 15) is 0 Å². The molecule has 5 rings (SSSR count). The van der Waals surface area contributed by atoms with Gasteiger partial charge in [-0.2, -0.15) is 0 Å². The summed E-state index contributed by atoms with van der Waals surface area (Å²) in [5.74, 6) is 1.31. The van der Waals surface area contributed by atoms with Gasteiger partial charge in [0, 0.05) is 28.4 Å². The van der Waals surface area contributed by atoms with E-state index in [0.29, 0.717) is 29.7 Å². The average Bonchev–Trinajstić information content (AvgIpc) is 3.31. The smallest absolute Gasteiger partial charge is 0.175 e. The van der Waals surface area contributed by atoms with Crippen LogP contribution in [0, 0.1) is 6.92 Å². The number of aromatic nitrogens is 1. The van der Waals surface area contributed by atoms with Gasteiger partial charge in [-0.05, 0) is 88.6 Å². The number of hydrogen-bond donors (Lipinski definition) is 1. The second-order valence-corrected chi connectivity index (χ2v) is 10.7. The topological polar surface area (TPSA) is 43.4 Å². The molecule has 0 unspecified atom stereocenters. The van der Waals surface area contributed by atoms with Gasteiger partial charge < -0.3 is 14.8 Å². The van der Waals surface area contributed by atoms with Crippen molar-refractivity contribution in [2.75, 3.05) is 12.4 Å². The number of hydrogen-bond acceptors (Lipinski definition) is 5. The van der Waals surface area contributed by atoms with Crippen LogP contribution in [0.4, 0.5) is 5.69 Å². The van der Waals surface area contributed by atoms with Gasteiger partial charge in [-0.15, -0.1) is 11.3 Å². The average molecular weight is 580 g/mol. The van der Waals surface area contributed by atoms with Crippen LogP contribution >= 0.6 is 38.9 Å². The number of halogens is 2. The number of aryl methyl sites for hydroxylation is 1. The van der Waals surface area contributed by atoms with Gasteiger partial charge >= 0.3 is 0 Å². The Labute approximate surface area is 228 Å². The predicted molar refractivity (Wildman–Crippen MR) is 154 cm³/mol. The summed E-state index contributed by atoms with van der Waals surface area (Å²) in [6.07, 6.45) is 0. The Kier molecular flexibility index (Phi) is 7.46. The Morgan fingerprint density at radius 2 is 1.81 bits per heavy atom. The lowest BCUT2D eigenvalue weighted by Gasteiger charge is -2.15. The number of fused-ring (bicyclic) bond motifs is 1. The molecule has 36 heavy (non-hydrogen) atoms. The molecule has 0 spiro atoms. The molecule has 0 saturated carbocycles. The maximum atomic E-state index is 6.26. The number of anilines is 1. The minimum atomic E-state index is 0.354. The van der Waals surface area contributed by atoms with Crippen LogP contribution in [0.15, 0.2) is 83.3 Å². The van der Waals surface area contributed by atoms with E-state index in [1.807, 2.05) is 36.4 Å². The molecule has 0 aliphatic heterocycles. The zero-order valence-electron chi connectivity index (χ0n) is 19.8. The second-order valence-electron chi connectivity index (χ2n) is 8.41. The van der Waals surface area contributed by atoms with Crippen LogP contribution in [-0.4, -0.2) is 12.1 Å². The van der Waals surface area contributed by atoms with E-state index in [0.717, 1.165) is 37.4 Å². The van der Waals surface area contributed by atoms with Crippen molar-refractivity contribution < 1.29 is 9.47 Å². The van der Waals surface area contributed by atoms with Crippen molar-refractivity contribution in [1.29, 1.82) is 0 Å². The van der Waals surface area contributed by atoms with Gasteiger partial charge in [-0.3, -0.25) is 0 Å². The largest absolute Gasteiger partial charge is 0.493 e. The summed E-state index contributed by atoms with van der Waals surface area (Å²) in [6, 6.07) is 26.4. The summed E-state index contributed by atoms with van der Waals surface area (Å²) in [5.41, 5.74) is 6.42. The highest BCUT2D eigenvalue weighted by Gasteiger charge is 2.13. The van der Waals surface area contributed by atoms with Gasteiger partial charge in [0.25, 0.3) is 0 Å². The van der Waals surface area contributed by atoms with Gasteiger partial charge in [0.15, 0.2) is 11.5 Å². The van der Waals surface area contributed by atoms with Crippen LogP contribution in [0.25, 0.3) is 20.8 Å². The van der Waals surface area contributed by atoms with Crippen molar-refractivity contribution in [3.8, 4) is 22.1 Å². The third-order valence-corrected chi connectivity index (χ3v) is 7.82. The fraction of sp³-hybridized carbons (Fsp3) is 0.138. The highest BCUT2D eigenvalue weighted by Crippen LogP contribution is 2.38. The van der Waals surface area contributed by atoms with Crippen molar-refractivity contribution >= 4 is 54.8 Å². The van der Waals surface area contributed by atoms with E-state index in [1.54, 1.807) is 18.4 Å². The second kappa shape index (κ2) is 10.9. The van der Waals surface area contributed by atoms with Crippen molar-refractivity contribution in [3.05, 3.63) is 105 Å². The van der Waals surface area contributed by atoms with Crippen LogP contribution in [0.1, 0.15) is 16.7 Å². The van der Waals surface area contributed by atoms with E-state index < -0.39 is 0 Å². The zero-order valence-corrected chi connectivity index (χ0v) is 23.0. The van der Waals surface area contributed by atoms with Crippen LogP contribution in [-0.2, 0) is 13.2 Å². The third-order valence-electron chi connectivity index (χ3n) is 5.79. The molecule has 5 aromatic rings. The number of ether oxygens (including phenoxy) is 2. The van der Waals surface area contributed by atoms with E-state index in [4.69, 9.17) is 26.1 Å². The lowest BCUT2D eigenvalue weighted by molar-refractivity contribution is 0.282. The summed E-state index contributed by atoms with van der Waals surface area (Å²) in [4.78, 5) is 4.78. The molecule has 0 bridgehead atoms. The molecule has 7 heteroatoms. The molecule has 1 N–H and O–H groups in total. The van der Waals surface area contributed by atoms with Crippen molar-refractivity contribution in [2.45, 2.75) is 20.1 Å². The van der Waals surface area contributed by atoms with Crippen molar-refractivity contribution in [2.24, 2.45) is 0 Å². The number of nitrogens with one attached hydrogen (secondary N) is 1. The van der Waals surface area contributed by atoms with Gasteiger partial charge in [0.05, 0.1) is 21.8 Å². The van der Waals surface area contributed by atoms with Crippen LogP contribution in [0.2, 0.25) is 5.02 Å². The van der Waals surface area contributed by atoms with Crippen LogP contribution < -0.4 is 14.8 Å². The van der Waals surface area contributed by atoms with Crippen molar-refractivity contribution in [1.82, 2.24) is 4.98 Å². The molecule has 0 fully saturated rings. The van der Waals surface area contributed by atoms with Gasteiger partial charge in [0.2, 0.25) is 0 Å². The molecule has 0 atom stereocenters. The Morgan fingerprint density at radius 3 is 2.58 bits per heavy atom.